The van der Waals surface area contributed by atoms with Crippen LogP contribution in [0, 0.1) is 11.8 Å². The molecule has 3 N–H and O–H groups in total. The molecule has 4 atom stereocenters. The first kappa shape index (κ1) is 25.4. The fraction of sp³-hybridized carbons (Fsp3) is 0.586. The zero-order valence-corrected chi connectivity index (χ0v) is 22.0. The van der Waals surface area contributed by atoms with Gasteiger partial charge in [-0.3, -0.25) is 14.5 Å². The Bertz CT molecular complexity index is 994. The van der Waals surface area contributed by atoms with E-state index in [1.54, 1.807) is 0 Å². The second-order valence-corrected chi connectivity index (χ2v) is 11.9. The summed E-state index contributed by atoms with van der Waals surface area (Å²) in [5, 5.41) is 5.19. The van der Waals surface area contributed by atoms with Gasteiger partial charge in [-0.05, 0) is 80.3 Å². The van der Waals surface area contributed by atoms with Crippen LogP contribution in [0.4, 0.5) is 0 Å². The molecule has 194 valence electrons. The number of hydrogen-bond acceptors (Lipinski definition) is 5. The van der Waals surface area contributed by atoms with Gasteiger partial charge in [0.2, 0.25) is 5.91 Å². The molecule has 0 spiro atoms. The fourth-order valence-electron chi connectivity index (χ4n) is 6.20. The minimum Gasteiger partial charge on any atom is -0.354 e. The highest BCUT2D eigenvalue weighted by Crippen LogP contribution is 2.35. The molecule has 3 unspecified atom stereocenters. The Morgan fingerprint density at radius 3 is 2.50 bits per heavy atom. The van der Waals surface area contributed by atoms with Crippen molar-refractivity contribution >= 4 is 23.2 Å². The van der Waals surface area contributed by atoms with Crippen LogP contribution in [0.1, 0.15) is 66.6 Å². The zero-order chi connectivity index (χ0) is 24.9. The molecule has 0 radical (unpaired) electrons. The lowest BCUT2D eigenvalue weighted by atomic mass is 9.81. The van der Waals surface area contributed by atoms with E-state index in [2.05, 4.69) is 40.5 Å². The van der Waals surface area contributed by atoms with Gasteiger partial charge in [-0.1, -0.05) is 42.8 Å². The van der Waals surface area contributed by atoms with Crippen molar-refractivity contribution in [3.63, 3.8) is 0 Å². The van der Waals surface area contributed by atoms with Crippen molar-refractivity contribution in [3.05, 3.63) is 58.3 Å². The Kier molecular flexibility index (Phi) is 8.40. The van der Waals surface area contributed by atoms with E-state index in [9.17, 15) is 9.59 Å². The van der Waals surface area contributed by atoms with E-state index in [1.807, 2.05) is 22.4 Å². The number of thiophene rings is 1. The van der Waals surface area contributed by atoms with E-state index in [0.717, 1.165) is 32.4 Å². The number of piperidine rings is 1. The predicted octanol–water partition coefficient (Wildman–Crippen LogP) is 4.27. The zero-order valence-electron chi connectivity index (χ0n) is 21.2. The highest BCUT2D eigenvalue weighted by molar-refractivity contribution is 7.12. The van der Waals surface area contributed by atoms with Gasteiger partial charge in [-0.25, -0.2) is 0 Å². The summed E-state index contributed by atoms with van der Waals surface area (Å²) in [6.07, 6.45) is 8.68. The molecule has 0 bridgehead atoms. The number of carbonyl (C=O) groups is 2. The average Bonchev–Trinajstić information content (AvgIpc) is 3.62. The summed E-state index contributed by atoms with van der Waals surface area (Å²) < 4.78 is 0. The molecule has 1 aromatic heterocycles. The molecule has 1 saturated heterocycles. The Labute approximate surface area is 219 Å². The number of hydrogen-bond donors (Lipinski definition) is 2. The summed E-state index contributed by atoms with van der Waals surface area (Å²) in [6, 6.07) is 14.9. The smallest absolute Gasteiger partial charge is 0.264 e. The molecule has 6 nitrogen and oxygen atoms in total. The number of nitrogens with two attached hydrogens (primary N) is 1. The maximum Gasteiger partial charge on any atom is 0.264 e. The Morgan fingerprint density at radius 1 is 0.972 bits per heavy atom. The fourth-order valence-corrected chi connectivity index (χ4v) is 6.88. The number of nitrogens with zero attached hydrogens (tertiary/aromatic N) is 2. The van der Waals surface area contributed by atoms with Gasteiger partial charge < -0.3 is 16.0 Å². The van der Waals surface area contributed by atoms with Crippen molar-refractivity contribution < 1.29 is 9.59 Å². The Morgan fingerprint density at radius 2 is 1.78 bits per heavy atom. The van der Waals surface area contributed by atoms with Crippen LogP contribution in [0.25, 0.3) is 0 Å². The molecule has 2 aromatic rings. The summed E-state index contributed by atoms with van der Waals surface area (Å²) in [4.78, 5) is 32.2. The topological polar surface area (TPSA) is 78.7 Å². The minimum absolute atomic E-state index is 0.00880. The van der Waals surface area contributed by atoms with Gasteiger partial charge in [0.25, 0.3) is 5.91 Å². The van der Waals surface area contributed by atoms with E-state index in [4.69, 9.17) is 5.73 Å². The predicted molar refractivity (Wildman–Crippen MR) is 145 cm³/mol. The number of amides is 2. The van der Waals surface area contributed by atoms with Gasteiger partial charge in [0.1, 0.15) is 6.04 Å². The van der Waals surface area contributed by atoms with Crippen LogP contribution in [0.5, 0.6) is 0 Å². The van der Waals surface area contributed by atoms with Gasteiger partial charge in [0, 0.05) is 31.7 Å². The number of benzene rings is 1. The first-order valence-electron chi connectivity index (χ1n) is 13.7. The Hall–Kier alpha value is -2.22. The number of rotatable bonds is 9. The highest BCUT2D eigenvalue weighted by atomic mass is 32.1. The molecular weight excluding hydrogens is 468 g/mol. The largest absolute Gasteiger partial charge is 0.354 e. The molecular formula is C29H40N4O2S. The first-order chi connectivity index (χ1) is 17.6. The third-order valence-corrected chi connectivity index (χ3v) is 9.21. The third-order valence-electron chi connectivity index (χ3n) is 8.35. The summed E-state index contributed by atoms with van der Waals surface area (Å²) in [7, 11) is 0. The summed E-state index contributed by atoms with van der Waals surface area (Å²) in [6.45, 7) is 2.95. The number of likely N-dealkylation sites (tertiary alicyclic amines) is 1. The molecule has 2 amide bonds. The van der Waals surface area contributed by atoms with Crippen LogP contribution < -0.4 is 11.1 Å². The van der Waals surface area contributed by atoms with E-state index >= 15 is 0 Å². The van der Waals surface area contributed by atoms with Gasteiger partial charge in [-0.2, -0.15) is 0 Å². The van der Waals surface area contributed by atoms with Crippen molar-refractivity contribution in [1.82, 2.24) is 15.1 Å². The molecule has 36 heavy (non-hydrogen) atoms. The molecule has 7 heteroatoms. The molecule has 3 aliphatic rings. The van der Waals surface area contributed by atoms with Crippen LogP contribution in [-0.2, 0) is 11.3 Å². The van der Waals surface area contributed by atoms with Gasteiger partial charge in [0.15, 0.2) is 0 Å². The molecule has 2 aliphatic carbocycles. The maximum absolute atomic E-state index is 13.6. The molecule has 2 heterocycles. The second kappa shape index (κ2) is 11.9. The lowest BCUT2D eigenvalue weighted by Gasteiger charge is -2.43. The molecule has 3 fully saturated rings. The molecule has 5 rings (SSSR count). The van der Waals surface area contributed by atoms with Crippen LogP contribution in [0.15, 0.2) is 47.8 Å². The monoisotopic (exact) mass is 508 g/mol. The lowest BCUT2D eigenvalue weighted by Crippen LogP contribution is -2.57. The summed E-state index contributed by atoms with van der Waals surface area (Å²) in [5.41, 5.74) is 7.24. The SMILES string of the molecule is NCC1CCCC(CNC(=O)[C@H]2CC(N(Cc3ccccc3)C3CC3)CCN2C(=O)c2cccs2)C1. The average molecular weight is 509 g/mol. The summed E-state index contributed by atoms with van der Waals surface area (Å²) in [5.74, 6) is 1.06. The van der Waals surface area contributed by atoms with Crippen LogP contribution in [0.3, 0.4) is 0 Å². The molecule has 1 aliphatic heterocycles. The normalized spacial score (nSPS) is 26.7. The first-order valence-corrected chi connectivity index (χ1v) is 14.6. The van der Waals surface area contributed by atoms with E-state index in [-0.39, 0.29) is 11.8 Å². The number of nitrogens with one attached hydrogen (secondary N) is 1. The quantitative estimate of drug-likeness (QED) is 0.530. The number of carbonyl (C=O) groups excluding carboxylic acids is 2. The lowest BCUT2D eigenvalue weighted by molar-refractivity contribution is -0.128. The molecule has 2 saturated carbocycles. The van der Waals surface area contributed by atoms with Crippen molar-refractivity contribution in [2.75, 3.05) is 19.6 Å². The van der Waals surface area contributed by atoms with Crippen LogP contribution >= 0.6 is 11.3 Å². The third kappa shape index (κ3) is 6.18. The van der Waals surface area contributed by atoms with E-state index in [1.165, 1.54) is 42.6 Å². The second-order valence-electron chi connectivity index (χ2n) is 10.9. The highest BCUT2D eigenvalue weighted by Gasteiger charge is 2.42. The van der Waals surface area contributed by atoms with Crippen molar-refractivity contribution in [2.45, 2.75) is 76.0 Å². The van der Waals surface area contributed by atoms with Crippen molar-refractivity contribution in [2.24, 2.45) is 17.6 Å². The van der Waals surface area contributed by atoms with E-state index in [0.29, 0.717) is 48.3 Å². The van der Waals surface area contributed by atoms with E-state index < -0.39 is 6.04 Å². The van der Waals surface area contributed by atoms with Crippen molar-refractivity contribution in [3.8, 4) is 0 Å². The minimum atomic E-state index is -0.427. The molecule has 1 aromatic carbocycles. The maximum atomic E-state index is 13.6. The van der Waals surface area contributed by atoms with Gasteiger partial charge >= 0.3 is 0 Å². The standard InChI is InChI=1S/C29H40N4O2S/c30-18-22-8-4-9-23(16-22)19-31-28(34)26-17-25(13-14-32(26)29(35)27-10-5-15-36-27)33(24-11-12-24)20-21-6-2-1-3-7-21/h1-3,5-7,10,15,22-26H,4,8-9,11-14,16-20,30H2,(H,31,34)/t22?,23?,25?,26-/m1/s1. The van der Waals surface area contributed by atoms with Crippen LogP contribution in [0.2, 0.25) is 0 Å². The van der Waals surface area contributed by atoms with Gasteiger partial charge in [0.05, 0.1) is 4.88 Å². The Balaban J connectivity index is 1.29. The summed E-state index contributed by atoms with van der Waals surface area (Å²) >= 11 is 1.46. The van der Waals surface area contributed by atoms with Crippen LogP contribution in [-0.4, -0.2) is 59.4 Å². The van der Waals surface area contributed by atoms with Gasteiger partial charge in [-0.15, -0.1) is 11.3 Å². The van der Waals surface area contributed by atoms with Crippen molar-refractivity contribution in [1.29, 1.82) is 0 Å².